The molecule has 0 spiro atoms. The first-order valence-electron chi connectivity index (χ1n) is 5.72. The highest BCUT2D eigenvalue weighted by Crippen LogP contribution is 2.39. The second-order valence-electron chi connectivity index (χ2n) is 4.67. The van der Waals surface area contributed by atoms with Crippen molar-refractivity contribution in [2.24, 2.45) is 0 Å². The number of methoxy groups -OCH3 is 1. The summed E-state index contributed by atoms with van der Waals surface area (Å²) in [4.78, 5) is 12.1. The number of hydrogen-bond donors (Lipinski definition) is 0. The molecular weight excluding hydrogens is 204 g/mol. The van der Waals surface area contributed by atoms with Crippen LogP contribution in [0, 0.1) is 13.8 Å². The second-order valence-corrected chi connectivity index (χ2v) is 4.67. The van der Waals surface area contributed by atoms with Crippen LogP contribution in [-0.4, -0.2) is 18.5 Å². The van der Waals surface area contributed by atoms with Crippen LogP contribution in [0.1, 0.15) is 47.6 Å². The summed E-state index contributed by atoms with van der Waals surface area (Å²) in [5.41, 5.74) is 0.509. The van der Waals surface area contributed by atoms with Crippen LogP contribution in [0.3, 0.4) is 0 Å². The molecule has 0 radical (unpaired) electrons. The first-order valence-corrected chi connectivity index (χ1v) is 5.72. The van der Waals surface area contributed by atoms with E-state index in [0.29, 0.717) is 17.7 Å². The average Bonchev–Trinajstić information content (AvgIpc) is 2.51. The third-order valence-corrected chi connectivity index (χ3v) is 3.52. The van der Waals surface area contributed by atoms with E-state index in [0.717, 1.165) is 25.0 Å². The lowest BCUT2D eigenvalue weighted by molar-refractivity contribution is -0.0705. The molecule has 3 nitrogen and oxygen atoms in total. The zero-order valence-corrected chi connectivity index (χ0v) is 10.1. The number of Topliss-reactive ketones (excluding diaryl/α,β-unsaturated/α-hetero) is 1. The molecule has 0 aliphatic heterocycles. The molecule has 2 rings (SSSR count). The first kappa shape index (κ1) is 11.4. The molecule has 3 heteroatoms. The number of rotatable bonds is 4. The Bertz CT molecular complexity index is 394. The van der Waals surface area contributed by atoms with Gasteiger partial charge in [0.2, 0.25) is 0 Å². The van der Waals surface area contributed by atoms with E-state index in [1.54, 1.807) is 7.11 Å². The van der Waals surface area contributed by atoms with Crippen molar-refractivity contribution in [2.75, 3.05) is 7.11 Å². The Hall–Kier alpha value is -1.09. The van der Waals surface area contributed by atoms with Crippen LogP contribution in [0.5, 0.6) is 0 Å². The van der Waals surface area contributed by atoms with Crippen molar-refractivity contribution in [3.63, 3.8) is 0 Å². The number of ether oxygens (including phenoxy) is 1. The summed E-state index contributed by atoms with van der Waals surface area (Å²) in [6, 6.07) is 1.82. The maximum atomic E-state index is 12.1. The molecule has 16 heavy (non-hydrogen) atoms. The maximum Gasteiger partial charge on any atom is 0.169 e. The maximum absolute atomic E-state index is 12.1. The number of carbonyl (C=O) groups excluding carboxylic acids is 1. The van der Waals surface area contributed by atoms with Gasteiger partial charge in [-0.05, 0) is 39.2 Å². The van der Waals surface area contributed by atoms with Gasteiger partial charge in [0.1, 0.15) is 11.5 Å². The molecule has 1 saturated carbocycles. The van der Waals surface area contributed by atoms with Gasteiger partial charge in [-0.2, -0.15) is 0 Å². The van der Waals surface area contributed by atoms with E-state index in [4.69, 9.17) is 9.15 Å². The van der Waals surface area contributed by atoms with Crippen LogP contribution in [0.2, 0.25) is 0 Å². The minimum absolute atomic E-state index is 0.135. The molecule has 0 atom stereocenters. The zero-order valence-electron chi connectivity index (χ0n) is 10.1. The van der Waals surface area contributed by atoms with E-state index >= 15 is 0 Å². The Balaban J connectivity index is 2.11. The van der Waals surface area contributed by atoms with Crippen LogP contribution >= 0.6 is 0 Å². The molecule has 0 bridgehead atoms. The van der Waals surface area contributed by atoms with E-state index < -0.39 is 0 Å². The number of ketones is 1. The van der Waals surface area contributed by atoms with Crippen molar-refractivity contribution in [1.29, 1.82) is 0 Å². The van der Waals surface area contributed by atoms with Crippen molar-refractivity contribution < 1.29 is 13.9 Å². The van der Waals surface area contributed by atoms with Gasteiger partial charge < -0.3 is 9.15 Å². The SMILES string of the molecule is COC1(CC(=O)c2cc(C)oc2C)CCC1. The Morgan fingerprint density at radius 3 is 2.56 bits per heavy atom. The largest absolute Gasteiger partial charge is 0.466 e. The standard InChI is InChI=1S/C13H18O3/c1-9-7-11(10(2)16-9)12(14)8-13(15-3)5-4-6-13/h7H,4-6,8H2,1-3H3. The van der Waals surface area contributed by atoms with Gasteiger partial charge in [0.25, 0.3) is 0 Å². The fraction of sp³-hybridized carbons (Fsp3) is 0.615. The summed E-state index contributed by atoms with van der Waals surface area (Å²) in [5.74, 6) is 1.64. The lowest BCUT2D eigenvalue weighted by Gasteiger charge is -2.39. The van der Waals surface area contributed by atoms with Crippen LogP contribution in [-0.2, 0) is 4.74 Å². The number of hydrogen-bond acceptors (Lipinski definition) is 3. The van der Waals surface area contributed by atoms with Gasteiger partial charge in [0.15, 0.2) is 5.78 Å². The second kappa shape index (κ2) is 4.06. The molecular formula is C13H18O3. The fourth-order valence-corrected chi connectivity index (χ4v) is 2.32. The summed E-state index contributed by atoms with van der Waals surface area (Å²) < 4.78 is 10.8. The number of furan rings is 1. The summed E-state index contributed by atoms with van der Waals surface area (Å²) in [6.45, 7) is 3.69. The predicted molar refractivity (Wildman–Crippen MR) is 60.7 cm³/mol. The lowest BCUT2D eigenvalue weighted by Crippen LogP contribution is -2.41. The van der Waals surface area contributed by atoms with Crippen molar-refractivity contribution in [3.8, 4) is 0 Å². The minimum atomic E-state index is -0.200. The summed E-state index contributed by atoms with van der Waals surface area (Å²) in [5, 5.41) is 0. The Labute approximate surface area is 95.8 Å². The molecule has 0 saturated heterocycles. The van der Waals surface area contributed by atoms with E-state index in [1.807, 2.05) is 19.9 Å². The molecule has 0 unspecified atom stereocenters. The van der Waals surface area contributed by atoms with Gasteiger partial charge in [0, 0.05) is 13.5 Å². The average molecular weight is 222 g/mol. The van der Waals surface area contributed by atoms with Crippen molar-refractivity contribution in [2.45, 2.75) is 45.1 Å². The van der Waals surface area contributed by atoms with Crippen LogP contribution in [0.4, 0.5) is 0 Å². The van der Waals surface area contributed by atoms with Crippen molar-refractivity contribution in [1.82, 2.24) is 0 Å². The molecule has 0 aromatic carbocycles. The highest BCUT2D eigenvalue weighted by Gasteiger charge is 2.39. The summed E-state index contributed by atoms with van der Waals surface area (Å²) >= 11 is 0. The molecule has 1 heterocycles. The van der Waals surface area contributed by atoms with Gasteiger partial charge in [-0.25, -0.2) is 0 Å². The first-order chi connectivity index (χ1) is 7.56. The topological polar surface area (TPSA) is 39.4 Å². The molecule has 1 fully saturated rings. The highest BCUT2D eigenvalue weighted by molar-refractivity contribution is 5.97. The van der Waals surface area contributed by atoms with E-state index in [9.17, 15) is 4.79 Å². The van der Waals surface area contributed by atoms with Crippen LogP contribution in [0.25, 0.3) is 0 Å². The zero-order chi connectivity index (χ0) is 11.8. The summed E-state index contributed by atoms with van der Waals surface area (Å²) in [7, 11) is 1.69. The normalized spacial score (nSPS) is 18.2. The van der Waals surface area contributed by atoms with Gasteiger partial charge >= 0.3 is 0 Å². The predicted octanol–water partition coefficient (Wildman–Crippen LogP) is 3.04. The van der Waals surface area contributed by atoms with Crippen LogP contribution < -0.4 is 0 Å². The monoisotopic (exact) mass is 222 g/mol. The Morgan fingerprint density at radius 2 is 2.19 bits per heavy atom. The van der Waals surface area contributed by atoms with Crippen molar-refractivity contribution in [3.05, 3.63) is 23.2 Å². The Morgan fingerprint density at radius 1 is 1.50 bits per heavy atom. The molecule has 0 amide bonds. The van der Waals surface area contributed by atoms with E-state index in [2.05, 4.69) is 0 Å². The van der Waals surface area contributed by atoms with Crippen LogP contribution in [0.15, 0.2) is 10.5 Å². The van der Waals surface area contributed by atoms with Gasteiger partial charge in [0.05, 0.1) is 11.2 Å². The Kier molecular flexibility index (Phi) is 2.89. The molecule has 1 aromatic rings. The third kappa shape index (κ3) is 1.92. The summed E-state index contributed by atoms with van der Waals surface area (Å²) in [6.07, 6.45) is 3.62. The third-order valence-electron chi connectivity index (χ3n) is 3.52. The minimum Gasteiger partial charge on any atom is -0.466 e. The molecule has 88 valence electrons. The van der Waals surface area contributed by atoms with E-state index in [1.165, 1.54) is 0 Å². The molecule has 1 aromatic heterocycles. The van der Waals surface area contributed by atoms with Gasteiger partial charge in [-0.1, -0.05) is 0 Å². The van der Waals surface area contributed by atoms with Gasteiger partial charge in [-0.15, -0.1) is 0 Å². The highest BCUT2D eigenvalue weighted by atomic mass is 16.5. The molecule has 1 aliphatic rings. The fourth-order valence-electron chi connectivity index (χ4n) is 2.32. The molecule has 1 aliphatic carbocycles. The lowest BCUT2D eigenvalue weighted by atomic mass is 9.76. The van der Waals surface area contributed by atoms with Gasteiger partial charge in [-0.3, -0.25) is 4.79 Å². The van der Waals surface area contributed by atoms with Crippen molar-refractivity contribution >= 4 is 5.78 Å². The quantitative estimate of drug-likeness (QED) is 0.735. The van der Waals surface area contributed by atoms with E-state index in [-0.39, 0.29) is 11.4 Å². The number of carbonyl (C=O) groups is 1. The number of aryl methyl sites for hydroxylation is 2. The smallest absolute Gasteiger partial charge is 0.169 e. The molecule has 0 N–H and O–H groups in total.